The van der Waals surface area contributed by atoms with E-state index >= 15 is 0 Å². The van der Waals surface area contributed by atoms with Crippen molar-refractivity contribution in [3.05, 3.63) is 76.3 Å². The van der Waals surface area contributed by atoms with E-state index in [1.54, 1.807) is 0 Å². The largest absolute Gasteiger partial charge is 0.223 e. The van der Waals surface area contributed by atoms with E-state index in [1.165, 1.54) is 30.3 Å². The Labute approximate surface area is 161 Å². The van der Waals surface area contributed by atoms with Crippen LogP contribution in [0.2, 0.25) is 5.02 Å². The highest BCUT2D eigenvalue weighted by atomic mass is 35.5. The summed E-state index contributed by atoms with van der Waals surface area (Å²) in [5.41, 5.74) is 0.629. The molecule has 27 heavy (non-hydrogen) atoms. The fraction of sp³-hybridized carbons (Fsp3) is 0.250. The van der Waals surface area contributed by atoms with Gasteiger partial charge in [0.1, 0.15) is 16.4 Å². The van der Waals surface area contributed by atoms with Gasteiger partial charge in [-0.25, -0.2) is 17.2 Å². The van der Waals surface area contributed by atoms with Crippen molar-refractivity contribution in [2.45, 2.75) is 35.3 Å². The molecule has 1 saturated carbocycles. The quantitative estimate of drug-likeness (QED) is 0.647. The van der Waals surface area contributed by atoms with Gasteiger partial charge in [0.05, 0.1) is 11.0 Å². The van der Waals surface area contributed by atoms with Crippen molar-refractivity contribution >= 4 is 21.4 Å². The predicted octanol–water partition coefficient (Wildman–Crippen LogP) is 5.31. The first-order valence-corrected chi connectivity index (χ1v) is 10.2. The molecule has 0 atom stereocenters. The molecule has 3 rings (SSSR count). The van der Waals surface area contributed by atoms with Gasteiger partial charge < -0.3 is 0 Å². The van der Waals surface area contributed by atoms with Crippen LogP contribution in [0.4, 0.5) is 8.78 Å². The van der Waals surface area contributed by atoms with E-state index in [2.05, 4.69) is 0 Å². The molecular weight excluding hydrogens is 392 g/mol. The van der Waals surface area contributed by atoms with Crippen LogP contribution in [0.5, 0.6) is 0 Å². The van der Waals surface area contributed by atoms with Gasteiger partial charge in [-0.15, -0.1) is 0 Å². The normalized spacial score (nSPS) is 20.1. The molecule has 0 amide bonds. The summed E-state index contributed by atoms with van der Waals surface area (Å²) in [6.07, 6.45) is 2.14. The molecule has 1 aliphatic rings. The Morgan fingerprint density at radius 2 is 1.70 bits per heavy atom. The van der Waals surface area contributed by atoms with E-state index < -0.39 is 26.2 Å². The van der Waals surface area contributed by atoms with Gasteiger partial charge in [0.2, 0.25) is 0 Å². The highest BCUT2D eigenvalue weighted by Gasteiger charge is 2.49. The molecule has 7 heteroatoms. The molecule has 1 fully saturated rings. The lowest BCUT2D eigenvalue weighted by atomic mass is 9.80. The van der Waals surface area contributed by atoms with Gasteiger partial charge in [-0.1, -0.05) is 17.2 Å². The average Bonchev–Trinajstić information content (AvgIpc) is 2.65. The molecule has 0 spiro atoms. The molecule has 0 saturated heterocycles. The lowest BCUT2D eigenvalue weighted by Gasteiger charge is -2.38. The third-order valence-electron chi connectivity index (χ3n) is 5.03. The monoisotopic (exact) mass is 407 g/mol. The van der Waals surface area contributed by atoms with Crippen LogP contribution in [-0.4, -0.2) is 8.42 Å². The second-order valence-corrected chi connectivity index (χ2v) is 9.20. The van der Waals surface area contributed by atoms with Crippen molar-refractivity contribution in [3.63, 3.8) is 0 Å². The summed E-state index contributed by atoms with van der Waals surface area (Å²) in [5.74, 6) is -1.46. The first-order chi connectivity index (χ1) is 12.8. The van der Waals surface area contributed by atoms with E-state index in [0.717, 1.165) is 23.8 Å². The molecule has 0 unspecified atom stereocenters. The van der Waals surface area contributed by atoms with Gasteiger partial charge in [-0.05, 0) is 68.1 Å². The molecule has 140 valence electrons. The van der Waals surface area contributed by atoms with Gasteiger partial charge in [-0.3, -0.25) is 0 Å². The number of sulfone groups is 1. The summed E-state index contributed by atoms with van der Waals surface area (Å²) >= 11 is 5.86. The number of allylic oxidation sites excluding steroid dienone is 2. The number of hydrogen-bond acceptors (Lipinski definition) is 3. The van der Waals surface area contributed by atoms with Crippen molar-refractivity contribution < 1.29 is 17.2 Å². The minimum absolute atomic E-state index is 0.00303. The number of benzene rings is 2. The van der Waals surface area contributed by atoms with Crippen LogP contribution in [0.1, 0.15) is 31.2 Å². The Hall–Kier alpha value is -2.23. The molecular formula is C20H16ClF2NO2S. The maximum absolute atomic E-state index is 14.6. The van der Waals surface area contributed by atoms with Crippen LogP contribution in [0.15, 0.2) is 59.0 Å². The van der Waals surface area contributed by atoms with Gasteiger partial charge >= 0.3 is 0 Å². The summed E-state index contributed by atoms with van der Waals surface area (Å²) < 4.78 is 54.0. The van der Waals surface area contributed by atoms with Gasteiger partial charge in [-0.2, -0.15) is 5.26 Å². The predicted molar refractivity (Wildman–Crippen MR) is 98.8 cm³/mol. The summed E-state index contributed by atoms with van der Waals surface area (Å²) in [4.78, 5) is 0.00303. The Morgan fingerprint density at radius 1 is 1.07 bits per heavy atom. The number of halogens is 3. The van der Waals surface area contributed by atoms with Gasteiger partial charge in [0.25, 0.3) is 0 Å². The number of nitrogens with zero attached hydrogens (tertiary/aromatic N) is 1. The Balaban J connectivity index is 2.20. The van der Waals surface area contributed by atoms with E-state index in [-0.39, 0.29) is 23.3 Å². The standard InChI is InChI=1S/C20H16ClF2NO2S/c21-15-1-4-17(5-2-15)27(25,26)20(10-7-14(8-11-20)9-12-24)18-13-16(22)3-6-19(18)23/h1-6,9,13H,7-8,10-11H2. The molecule has 0 heterocycles. The maximum atomic E-state index is 14.6. The zero-order chi connectivity index (χ0) is 19.7. The third-order valence-corrected chi connectivity index (χ3v) is 7.83. The Kier molecular flexibility index (Phi) is 5.36. The Morgan fingerprint density at radius 3 is 2.30 bits per heavy atom. The van der Waals surface area contributed by atoms with Crippen LogP contribution in [-0.2, 0) is 14.6 Å². The van der Waals surface area contributed by atoms with E-state index in [1.807, 2.05) is 6.07 Å². The molecule has 3 nitrogen and oxygen atoms in total. The van der Waals surface area contributed by atoms with Crippen LogP contribution >= 0.6 is 11.6 Å². The zero-order valence-corrected chi connectivity index (χ0v) is 15.8. The van der Waals surface area contributed by atoms with Gasteiger partial charge in [0.15, 0.2) is 9.84 Å². The smallest absolute Gasteiger partial charge is 0.188 e. The molecule has 0 aliphatic heterocycles. The third kappa shape index (κ3) is 3.50. The SMILES string of the molecule is N#CC=C1CCC(c2cc(F)ccc2F)(S(=O)(=O)c2ccc(Cl)cc2)CC1. The molecule has 0 aromatic heterocycles. The van der Waals surface area contributed by atoms with Crippen LogP contribution in [0.3, 0.4) is 0 Å². The minimum atomic E-state index is -4.05. The molecule has 0 N–H and O–H groups in total. The van der Waals surface area contributed by atoms with Crippen LogP contribution in [0, 0.1) is 23.0 Å². The first-order valence-electron chi connectivity index (χ1n) is 8.33. The first kappa shape index (κ1) is 19.5. The van der Waals surface area contributed by atoms with E-state index in [4.69, 9.17) is 16.9 Å². The summed E-state index contributed by atoms with van der Waals surface area (Å²) in [5, 5.41) is 9.22. The molecule has 0 radical (unpaired) electrons. The topological polar surface area (TPSA) is 57.9 Å². The summed E-state index contributed by atoms with van der Waals surface area (Å²) in [6, 6.07) is 10.5. The van der Waals surface area contributed by atoms with Crippen molar-refractivity contribution in [2.75, 3.05) is 0 Å². The van der Waals surface area contributed by atoms with E-state index in [0.29, 0.717) is 17.9 Å². The average molecular weight is 408 g/mol. The van der Waals surface area contributed by atoms with Crippen molar-refractivity contribution in [1.82, 2.24) is 0 Å². The fourth-order valence-corrected chi connectivity index (χ4v) is 5.84. The minimum Gasteiger partial charge on any atom is -0.223 e. The number of nitriles is 1. The lowest BCUT2D eigenvalue weighted by molar-refractivity contribution is 0.411. The summed E-state index contributed by atoms with van der Waals surface area (Å²) in [6.45, 7) is 0. The lowest BCUT2D eigenvalue weighted by Crippen LogP contribution is -2.39. The van der Waals surface area contributed by atoms with Crippen LogP contribution < -0.4 is 0 Å². The maximum Gasteiger partial charge on any atom is 0.188 e. The van der Waals surface area contributed by atoms with Crippen LogP contribution in [0.25, 0.3) is 0 Å². The van der Waals surface area contributed by atoms with Gasteiger partial charge in [0, 0.05) is 16.7 Å². The molecule has 2 aromatic carbocycles. The highest BCUT2D eigenvalue weighted by Crippen LogP contribution is 2.49. The van der Waals surface area contributed by atoms with Crippen molar-refractivity contribution in [3.8, 4) is 6.07 Å². The fourth-order valence-electron chi connectivity index (χ4n) is 3.58. The second-order valence-electron chi connectivity index (χ2n) is 6.51. The molecule has 2 aromatic rings. The second kappa shape index (κ2) is 7.41. The highest BCUT2D eigenvalue weighted by molar-refractivity contribution is 7.92. The van der Waals surface area contributed by atoms with E-state index in [9.17, 15) is 17.2 Å². The Bertz CT molecular complexity index is 1030. The molecule has 1 aliphatic carbocycles. The zero-order valence-electron chi connectivity index (χ0n) is 14.3. The van der Waals surface area contributed by atoms with Crippen molar-refractivity contribution in [1.29, 1.82) is 5.26 Å². The number of hydrogen-bond donors (Lipinski definition) is 0. The van der Waals surface area contributed by atoms with Crippen molar-refractivity contribution in [2.24, 2.45) is 0 Å². The number of rotatable bonds is 3. The molecule has 0 bridgehead atoms. The summed E-state index contributed by atoms with van der Waals surface area (Å²) in [7, 11) is -4.05.